The first kappa shape index (κ1) is 49.2. The first-order valence-electron chi connectivity index (χ1n) is 22.6. The maximum absolute atomic E-state index is 12.9. The van der Waals surface area contributed by atoms with E-state index in [4.69, 9.17) is 14.7 Å². The van der Waals surface area contributed by atoms with Crippen molar-refractivity contribution >= 4 is 35.0 Å². The number of ether oxygens (including phenoxy) is 3. The number of H-pyrrole nitrogens is 2. The molecule has 0 bridgehead atoms. The summed E-state index contributed by atoms with van der Waals surface area (Å²) in [5.41, 5.74) is 7.21. The SMILES string of the molecule is C#C.CCC.CCC.COC(=O)NCC(=O)NC1(c2nc3c([nH]2)CCOc2cc(-c4ccc(-c5ccc6nc(C7(NC(=O)CNC(=O)OC)CCCC7)[nH]c6c5)cc4)ccc2-3)CCCC1. The highest BCUT2D eigenvalue weighted by Gasteiger charge is 2.42. The van der Waals surface area contributed by atoms with E-state index in [9.17, 15) is 19.2 Å². The third kappa shape index (κ3) is 11.9. The number of fused-ring (bicyclic) bond motifs is 4. The Morgan fingerprint density at radius 2 is 1.12 bits per heavy atom. The largest absolute Gasteiger partial charge is 0.492 e. The molecule has 3 aromatic carbocycles. The number of aromatic amines is 2. The number of alkyl carbamates (subject to hydrolysis) is 2. The topological polar surface area (TPSA) is 201 Å². The number of amides is 4. The molecule has 65 heavy (non-hydrogen) atoms. The summed E-state index contributed by atoms with van der Waals surface area (Å²) >= 11 is 0. The van der Waals surface area contributed by atoms with Crippen molar-refractivity contribution in [1.82, 2.24) is 41.2 Å². The summed E-state index contributed by atoms with van der Waals surface area (Å²) < 4.78 is 15.5. The minimum Gasteiger partial charge on any atom is -0.492 e. The van der Waals surface area contributed by atoms with Gasteiger partial charge in [-0.1, -0.05) is 103 Å². The standard InChI is InChI=1S/C42H46N8O7.2C3H8.C2H2/c1-55-39(53)43-23-34(51)49-41(16-3-4-17-41)37-45-30-14-12-27(21-32(30)47-37)25-7-9-26(10-8-25)28-11-13-29-33(22-28)57-20-15-31-36(29)48-38(46-31)42(18-5-6-19-42)50-35(52)24-44-40(54)56-2;2*1-3-2;1-2/h7-14,21-22H,3-6,15-20,23-24H2,1-2H3,(H,43,53)(H,44,54)(H,45,47)(H,46,48)(H,49,51)(H,50,52);2*3H2,1-2H3;1-2H. The minimum absolute atomic E-state index is 0.178. The van der Waals surface area contributed by atoms with Crippen LogP contribution in [0.25, 0.3) is 44.5 Å². The van der Waals surface area contributed by atoms with Crippen LogP contribution in [0.5, 0.6) is 5.75 Å². The average molecular weight is 889 g/mol. The van der Waals surface area contributed by atoms with Crippen molar-refractivity contribution in [3.05, 3.63) is 78.0 Å². The van der Waals surface area contributed by atoms with Gasteiger partial charge in [0.2, 0.25) is 11.8 Å². The van der Waals surface area contributed by atoms with Gasteiger partial charge >= 0.3 is 12.2 Å². The summed E-state index contributed by atoms with van der Waals surface area (Å²) in [5, 5.41) is 11.2. The van der Waals surface area contributed by atoms with Crippen LogP contribution in [-0.2, 0) is 36.6 Å². The van der Waals surface area contributed by atoms with Crippen LogP contribution in [0.2, 0.25) is 0 Å². The lowest BCUT2D eigenvalue weighted by Crippen LogP contribution is -2.48. The molecule has 0 radical (unpaired) electrons. The van der Waals surface area contributed by atoms with Crippen LogP contribution in [-0.4, -0.2) is 77.9 Å². The quantitative estimate of drug-likeness (QED) is 0.0742. The Labute approximate surface area is 382 Å². The molecule has 15 heteroatoms. The molecule has 15 nitrogen and oxygen atoms in total. The predicted molar refractivity (Wildman–Crippen MR) is 253 cm³/mol. The summed E-state index contributed by atoms with van der Waals surface area (Å²) in [4.78, 5) is 65.7. The number of benzene rings is 3. The first-order valence-corrected chi connectivity index (χ1v) is 22.6. The number of carbonyl (C=O) groups is 4. The summed E-state index contributed by atoms with van der Waals surface area (Å²) in [5.74, 6) is 1.59. The Morgan fingerprint density at radius 1 is 0.662 bits per heavy atom. The van der Waals surface area contributed by atoms with Crippen LogP contribution in [0.4, 0.5) is 9.59 Å². The average Bonchev–Trinajstić information content (AvgIpc) is 4.15. The van der Waals surface area contributed by atoms with Crippen LogP contribution in [0.15, 0.2) is 60.7 Å². The molecule has 6 N–H and O–H groups in total. The third-order valence-electron chi connectivity index (χ3n) is 11.4. The van der Waals surface area contributed by atoms with Gasteiger partial charge in [-0.2, -0.15) is 0 Å². The van der Waals surface area contributed by atoms with Crippen molar-refractivity contribution in [3.8, 4) is 52.1 Å². The number of hydrogen-bond acceptors (Lipinski definition) is 9. The number of terminal acetylenes is 1. The van der Waals surface area contributed by atoms with Crippen LogP contribution in [0.3, 0.4) is 0 Å². The predicted octanol–water partition coefficient (Wildman–Crippen LogP) is 8.79. The second kappa shape index (κ2) is 23.2. The van der Waals surface area contributed by atoms with Gasteiger partial charge in [0, 0.05) is 17.7 Å². The van der Waals surface area contributed by atoms with E-state index >= 15 is 0 Å². The van der Waals surface area contributed by atoms with Gasteiger partial charge in [0.15, 0.2) is 0 Å². The number of rotatable bonds is 10. The van der Waals surface area contributed by atoms with Gasteiger partial charge < -0.3 is 45.4 Å². The number of methoxy groups -OCH3 is 2. The van der Waals surface area contributed by atoms with E-state index in [0.29, 0.717) is 18.9 Å². The van der Waals surface area contributed by atoms with E-state index in [2.05, 4.69) is 130 Å². The fraction of sp³-hybridized carbons (Fsp3) is 0.440. The Kier molecular flexibility index (Phi) is 17.6. The molecule has 3 heterocycles. The first-order chi connectivity index (χ1) is 31.5. The molecule has 346 valence electrons. The normalized spacial score (nSPS) is 15.0. The highest BCUT2D eigenvalue weighted by atomic mass is 16.5. The zero-order valence-corrected chi connectivity index (χ0v) is 38.6. The lowest BCUT2D eigenvalue weighted by atomic mass is 9.96. The van der Waals surface area contributed by atoms with Gasteiger partial charge in [0.1, 0.15) is 30.5 Å². The fourth-order valence-electron chi connectivity index (χ4n) is 8.46. The molecule has 0 spiro atoms. The third-order valence-corrected chi connectivity index (χ3v) is 11.4. The summed E-state index contributed by atoms with van der Waals surface area (Å²) in [6.07, 6.45) is 16.7. The van der Waals surface area contributed by atoms with Gasteiger partial charge in [0.25, 0.3) is 0 Å². The molecule has 0 saturated heterocycles. The molecular weight excluding hydrogens is 825 g/mol. The minimum atomic E-state index is -0.656. The van der Waals surface area contributed by atoms with E-state index in [1.54, 1.807) is 0 Å². The smallest absolute Gasteiger partial charge is 0.407 e. The molecule has 4 amide bonds. The van der Waals surface area contributed by atoms with E-state index < -0.39 is 23.3 Å². The van der Waals surface area contributed by atoms with Crippen LogP contribution >= 0.6 is 0 Å². The monoisotopic (exact) mass is 888 g/mol. The number of imidazole rings is 2. The number of aromatic nitrogens is 4. The lowest BCUT2D eigenvalue weighted by Gasteiger charge is -2.28. The summed E-state index contributed by atoms with van der Waals surface area (Å²) in [6, 6.07) is 20.7. The van der Waals surface area contributed by atoms with Gasteiger partial charge in [0.05, 0.1) is 48.6 Å². The fourth-order valence-corrected chi connectivity index (χ4v) is 8.46. The van der Waals surface area contributed by atoms with Crippen molar-refractivity contribution in [2.45, 2.75) is 109 Å². The molecule has 5 aromatic rings. The van der Waals surface area contributed by atoms with E-state index in [1.807, 2.05) is 12.1 Å². The van der Waals surface area contributed by atoms with Crippen LogP contribution < -0.4 is 26.0 Å². The molecule has 2 aromatic heterocycles. The molecule has 0 atom stereocenters. The highest BCUT2D eigenvalue weighted by molar-refractivity contribution is 5.85. The zero-order valence-electron chi connectivity index (χ0n) is 38.6. The zero-order chi connectivity index (χ0) is 47.0. The molecule has 2 saturated carbocycles. The Hall–Kier alpha value is -6.82. The Bertz CT molecular complexity index is 2400. The molecule has 1 aliphatic heterocycles. The highest BCUT2D eigenvalue weighted by Crippen LogP contribution is 2.43. The second-order valence-corrected chi connectivity index (χ2v) is 16.4. The van der Waals surface area contributed by atoms with Gasteiger partial charge in [-0.15, -0.1) is 12.8 Å². The maximum atomic E-state index is 12.9. The Morgan fingerprint density at radius 3 is 1.63 bits per heavy atom. The van der Waals surface area contributed by atoms with Crippen molar-refractivity contribution in [1.29, 1.82) is 0 Å². The molecule has 2 aliphatic carbocycles. The molecule has 2 fully saturated rings. The van der Waals surface area contributed by atoms with Crippen molar-refractivity contribution in [3.63, 3.8) is 0 Å². The summed E-state index contributed by atoms with van der Waals surface area (Å²) in [6.45, 7) is 8.62. The summed E-state index contributed by atoms with van der Waals surface area (Å²) in [7, 11) is 2.52. The number of carbonyl (C=O) groups excluding carboxylic acids is 4. The Balaban J connectivity index is 0.000000929. The molecule has 3 aliphatic rings. The number of hydrogen-bond donors (Lipinski definition) is 6. The van der Waals surface area contributed by atoms with Crippen LogP contribution in [0, 0.1) is 12.8 Å². The molecule has 8 rings (SSSR count). The molecular formula is C50H64N8O7. The van der Waals surface area contributed by atoms with E-state index in [-0.39, 0.29) is 24.9 Å². The van der Waals surface area contributed by atoms with Gasteiger partial charge in [-0.3, -0.25) is 9.59 Å². The number of nitrogens with one attached hydrogen (secondary N) is 6. The lowest BCUT2D eigenvalue weighted by molar-refractivity contribution is -0.123. The second-order valence-electron chi connectivity index (χ2n) is 16.4. The van der Waals surface area contributed by atoms with E-state index in [0.717, 1.165) is 113 Å². The van der Waals surface area contributed by atoms with Crippen LogP contribution in [0.1, 0.15) is 109 Å². The maximum Gasteiger partial charge on any atom is 0.407 e. The number of nitrogens with zero attached hydrogens (tertiary/aromatic N) is 2. The van der Waals surface area contributed by atoms with Crippen molar-refractivity contribution in [2.24, 2.45) is 0 Å². The molecule has 0 unspecified atom stereocenters. The van der Waals surface area contributed by atoms with Crippen molar-refractivity contribution < 1.29 is 33.4 Å². The van der Waals surface area contributed by atoms with E-state index in [1.165, 1.54) is 27.1 Å². The van der Waals surface area contributed by atoms with Gasteiger partial charge in [-0.25, -0.2) is 19.6 Å². The van der Waals surface area contributed by atoms with Gasteiger partial charge in [-0.05, 0) is 72.2 Å². The van der Waals surface area contributed by atoms with Crippen molar-refractivity contribution in [2.75, 3.05) is 33.9 Å².